The van der Waals surface area contributed by atoms with Crippen molar-refractivity contribution in [3.8, 4) is 23.0 Å². The Morgan fingerprint density at radius 3 is 1.08 bits per heavy atom. The molecule has 1 saturated heterocycles. The van der Waals surface area contributed by atoms with Crippen molar-refractivity contribution in [2.24, 2.45) is 0 Å². The van der Waals surface area contributed by atoms with Gasteiger partial charge in [0.25, 0.3) is 0 Å². The zero-order chi connectivity index (χ0) is 41.5. The van der Waals surface area contributed by atoms with Crippen LogP contribution in [0.25, 0.3) is 22.3 Å². The van der Waals surface area contributed by atoms with Crippen LogP contribution in [0, 0.1) is 0 Å². The first-order valence-corrected chi connectivity index (χ1v) is 20.7. The number of aromatic amines is 4. The van der Waals surface area contributed by atoms with E-state index in [1.54, 1.807) is 28.4 Å². The first-order valence-electron chi connectivity index (χ1n) is 20.7. The van der Waals surface area contributed by atoms with Gasteiger partial charge in [-0.05, 0) is 126 Å². The Balaban J connectivity index is 1.36. The monoisotopic (exact) mass is 805 g/mol. The van der Waals surface area contributed by atoms with E-state index in [-0.39, 0.29) is 0 Å². The minimum atomic E-state index is 0.798. The third kappa shape index (κ3) is 6.97. The van der Waals surface area contributed by atoms with E-state index in [1.165, 1.54) is 0 Å². The molecule has 8 bridgehead atoms. The van der Waals surface area contributed by atoms with Gasteiger partial charge in [0.2, 0.25) is 0 Å². The zero-order valence-electron chi connectivity index (χ0n) is 34.7. The maximum atomic E-state index is 5.64. The number of rotatable bonds is 9. The molecule has 4 aromatic heterocycles. The van der Waals surface area contributed by atoms with Gasteiger partial charge in [-0.15, -0.1) is 0 Å². The standard InChI is InChI=1S/C52H47N5O4/c1-58-36-15-7-32(8-16-36)48-40-23-24-41(53-40)49(33-9-17-37(59-2)18-10-33)43-27-28-45(55-43)51(35-13-21-39(61-4)22-14-35)52-47(57-29-5-6-30-57)31-46(56-52)50(44-26-25-42(48)54-44)34-11-19-38(60-3)20-12-34/h7-28,31,53-56H,5-6,29-30H2,1-4H3. The second kappa shape index (κ2) is 15.9. The summed E-state index contributed by atoms with van der Waals surface area (Å²) in [4.78, 5) is 18.3. The molecule has 0 spiro atoms. The second-order valence-corrected chi connectivity index (χ2v) is 15.4. The maximum Gasteiger partial charge on any atom is 0.118 e. The normalized spacial score (nSPS) is 13.8. The van der Waals surface area contributed by atoms with Crippen molar-refractivity contribution in [2.45, 2.75) is 12.8 Å². The Labute approximate surface area is 353 Å². The molecule has 0 aliphatic carbocycles. The molecule has 1 fully saturated rings. The first-order chi connectivity index (χ1) is 30.0. The summed E-state index contributed by atoms with van der Waals surface area (Å²) in [6.45, 7) is 1.95. The third-order valence-electron chi connectivity index (χ3n) is 12.0. The van der Waals surface area contributed by atoms with Gasteiger partial charge in [-0.3, -0.25) is 0 Å². The fourth-order valence-corrected chi connectivity index (χ4v) is 8.87. The van der Waals surface area contributed by atoms with Gasteiger partial charge in [-0.2, -0.15) is 0 Å². The van der Waals surface area contributed by atoms with Gasteiger partial charge in [0, 0.05) is 68.2 Å². The van der Waals surface area contributed by atoms with Gasteiger partial charge >= 0.3 is 0 Å². The molecule has 0 saturated carbocycles. The molecule has 304 valence electrons. The predicted octanol–water partition coefficient (Wildman–Crippen LogP) is 6.94. The van der Waals surface area contributed by atoms with Crippen LogP contribution >= 0.6 is 0 Å². The zero-order valence-corrected chi connectivity index (χ0v) is 34.7. The van der Waals surface area contributed by atoms with Crippen LogP contribution in [0.2, 0.25) is 0 Å². The van der Waals surface area contributed by atoms with Crippen molar-refractivity contribution in [3.63, 3.8) is 0 Å². The molecule has 8 aromatic rings. The average molecular weight is 806 g/mol. The number of fused-ring (bicyclic) bond motifs is 8. The van der Waals surface area contributed by atoms with Gasteiger partial charge in [0.05, 0.1) is 45.5 Å². The smallest absolute Gasteiger partial charge is 0.118 e. The Bertz CT molecular complexity index is 3110. The summed E-state index contributed by atoms with van der Waals surface area (Å²) in [5.74, 6) is 3.20. The number of aromatic nitrogens is 4. The van der Waals surface area contributed by atoms with Gasteiger partial charge in [-0.25, -0.2) is 0 Å². The minimum Gasteiger partial charge on any atom is -0.497 e. The van der Waals surface area contributed by atoms with Gasteiger partial charge in [0.1, 0.15) is 23.0 Å². The van der Waals surface area contributed by atoms with Crippen LogP contribution in [0.15, 0.2) is 140 Å². The molecule has 9 heteroatoms. The van der Waals surface area contributed by atoms with E-state index in [9.17, 15) is 0 Å². The average Bonchev–Trinajstić information content (AvgIpc) is 4.18. The summed E-state index contributed by atoms with van der Waals surface area (Å²) < 4.78 is 22.4. The summed E-state index contributed by atoms with van der Waals surface area (Å²) in [5, 5.41) is 3.90. The van der Waals surface area contributed by atoms with Crippen LogP contribution in [0.5, 0.6) is 23.0 Å². The first kappa shape index (κ1) is 37.7. The highest BCUT2D eigenvalue weighted by Crippen LogP contribution is 2.37. The predicted molar refractivity (Wildman–Crippen MR) is 242 cm³/mol. The fourth-order valence-electron chi connectivity index (χ4n) is 8.87. The number of nitrogens with zero attached hydrogens (tertiary/aromatic N) is 1. The van der Waals surface area contributed by atoms with E-state index in [4.69, 9.17) is 18.9 Å². The summed E-state index contributed by atoms with van der Waals surface area (Å²) >= 11 is 0. The number of ether oxygens (including phenoxy) is 4. The fraction of sp³-hybridized carbons (Fsp3) is 0.154. The molecule has 6 heterocycles. The number of methoxy groups -OCH3 is 4. The maximum absolute atomic E-state index is 5.64. The molecule has 4 aromatic carbocycles. The Morgan fingerprint density at radius 2 is 0.705 bits per heavy atom. The van der Waals surface area contributed by atoms with E-state index in [0.717, 1.165) is 143 Å². The lowest BCUT2D eigenvalue weighted by atomic mass is 10.0. The lowest BCUT2D eigenvalue weighted by Gasteiger charge is -2.19. The van der Waals surface area contributed by atoms with Crippen molar-refractivity contribution in [1.82, 2.24) is 19.9 Å². The molecule has 9 nitrogen and oxygen atoms in total. The Hall–Kier alpha value is -7.52. The molecule has 0 unspecified atom stereocenters. The number of H-pyrrole nitrogens is 4. The highest BCUT2D eigenvalue weighted by atomic mass is 16.5. The Kier molecular flexibility index (Phi) is 9.84. The van der Waals surface area contributed by atoms with E-state index in [0.29, 0.717) is 0 Å². The number of nitrogens with one attached hydrogen (secondary N) is 4. The summed E-state index contributed by atoms with van der Waals surface area (Å²) in [6, 6.07) is 48.6. The van der Waals surface area contributed by atoms with Crippen LogP contribution in [-0.4, -0.2) is 61.5 Å². The van der Waals surface area contributed by atoms with Crippen molar-refractivity contribution in [2.75, 3.05) is 46.4 Å². The molecule has 2 aliphatic heterocycles. The molecule has 10 rings (SSSR count). The molecule has 0 amide bonds. The molecule has 0 atom stereocenters. The van der Waals surface area contributed by atoms with Crippen molar-refractivity contribution >= 4 is 28.0 Å². The van der Waals surface area contributed by atoms with Crippen molar-refractivity contribution in [3.05, 3.63) is 206 Å². The highest BCUT2D eigenvalue weighted by molar-refractivity contribution is 5.89. The van der Waals surface area contributed by atoms with Crippen LogP contribution in [-0.2, 0) is 0 Å². The van der Waals surface area contributed by atoms with Crippen LogP contribution in [0.3, 0.4) is 0 Å². The molecule has 2 aliphatic rings. The van der Waals surface area contributed by atoms with Crippen LogP contribution in [0.4, 0.5) is 5.69 Å². The van der Waals surface area contributed by atoms with Crippen LogP contribution < -0.4 is 45.2 Å². The lowest BCUT2D eigenvalue weighted by Crippen LogP contribution is -2.21. The van der Waals surface area contributed by atoms with Crippen molar-refractivity contribution < 1.29 is 18.9 Å². The molecular formula is C52H47N5O4. The van der Waals surface area contributed by atoms with E-state index in [2.05, 4.69) is 116 Å². The number of benzene rings is 4. The Morgan fingerprint density at radius 1 is 0.361 bits per heavy atom. The highest BCUT2D eigenvalue weighted by Gasteiger charge is 2.25. The van der Waals surface area contributed by atoms with Crippen LogP contribution in [0.1, 0.15) is 57.9 Å². The number of hydrogen-bond acceptors (Lipinski definition) is 5. The van der Waals surface area contributed by atoms with Gasteiger partial charge < -0.3 is 43.8 Å². The van der Waals surface area contributed by atoms with Crippen molar-refractivity contribution in [1.29, 1.82) is 0 Å². The topological polar surface area (TPSA) is 103 Å². The summed E-state index contributed by atoms with van der Waals surface area (Å²) in [6.07, 6.45) is 2.28. The van der Waals surface area contributed by atoms with E-state index >= 15 is 0 Å². The molecular weight excluding hydrogens is 759 g/mol. The quantitative estimate of drug-likeness (QED) is 0.127. The van der Waals surface area contributed by atoms with E-state index in [1.807, 2.05) is 48.5 Å². The summed E-state index contributed by atoms with van der Waals surface area (Å²) in [7, 11) is 6.80. The lowest BCUT2D eigenvalue weighted by molar-refractivity contribution is 0.414. The molecule has 4 N–H and O–H groups in total. The van der Waals surface area contributed by atoms with Gasteiger partial charge in [0.15, 0.2) is 0 Å². The largest absolute Gasteiger partial charge is 0.497 e. The summed E-state index contributed by atoms with van der Waals surface area (Å²) in [5.41, 5.74) is 13.5. The minimum absolute atomic E-state index is 0.798. The molecule has 0 radical (unpaired) electrons. The second-order valence-electron chi connectivity index (χ2n) is 15.4. The van der Waals surface area contributed by atoms with Gasteiger partial charge in [-0.1, -0.05) is 48.5 Å². The number of anilines is 1. The van der Waals surface area contributed by atoms with E-state index < -0.39 is 0 Å². The SMILES string of the molecule is COc1ccc(C2=c3ccc([nH]3)=C(c3ccc(OC)cc3)c3cc(N4CCCC4)c([nH]3)C(c3ccc(OC)cc3)=c3ccc([nH]3)=C(c3ccc(OC)cc3)c3ccc2[nH]3)cc1. The number of hydrogen-bond donors (Lipinski definition) is 4. The third-order valence-corrected chi connectivity index (χ3v) is 12.0. The molecule has 61 heavy (non-hydrogen) atoms.